The Morgan fingerprint density at radius 2 is 1.77 bits per heavy atom. The first-order valence-electron chi connectivity index (χ1n) is 7.71. The minimum absolute atomic E-state index is 0.0563. The average molecular weight is 310 g/mol. The Bertz CT molecular complexity index is 533. The second-order valence-electron chi connectivity index (χ2n) is 6.68. The van der Waals surface area contributed by atoms with Crippen LogP contribution in [0, 0.1) is 5.92 Å². The zero-order valence-electron chi connectivity index (χ0n) is 14.2. The van der Waals surface area contributed by atoms with Gasteiger partial charge in [-0.1, -0.05) is 13.5 Å². The molecule has 1 unspecified atom stereocenters. The molecule has 5 nitrogen and oxygen atoms in total. The fourth-order valence-electron chi connectivity index (χ4n) is 3.55. The fraction of sp³-hybridized carbons (Fsp3) is 0.706. The van der Waals surface area contributed by atoms with Crippen LogP contribution in [-0.4, -0.2) is 41.4 Å². The van der Waals surface area contributed by atoms with Crippen LogP contribution in [-0.2, 0) is 19.0 Å². The van der Waals surface area contributed by atoms with Crippen molar-refractivity contribution in [1.82, 2.24) is 0 Å². The van der Waals surface area contributed by atoms with Crippen LogP contribution in [0.25, 0.3) is 0 Å². The zero-order valence-corrected chi connectivity index (χ0v) is 14.2. The summed E-state index contributed by atoms with van der Waals surface area (Å²) in [5, 5.41) is 11.4. The summed E-state index contributed by atoms with van der Waals surface area (Å²) >= 11 is 0. The van der Waals surface area contributed by atoms with Crippen LogP contribution in [0.2, 0.25) is 0 Å². The van der Waals surface area contributed by atoms with Gasteiger partial charge in [-0.05, 0) is 45.6 Å². The molecular formula is C17H26O5. The maximum atomic E-state index is 13.0. The van der Waals surface area contributed by atoms with Gasteiger partial charge in [-0.25, -0.2) is 0 Å². The molecule has 0 aromatic rings. The number of methoxy groups -OCH3 is 1. The van der Waals surface area contributed by atoms with Gasteiger partial charge in [-0.15, -0.1) is 0 Å². The molecule has 0 amide bonds. The summed E-state index contributed by atoms with van der Waals surface area (Å²) in [6, 6.07) is 0. The molecule has 1 fully saturated rings. The molecule has 0 radical (unpaired) electrons. The molecule has 0 spiro atoms. The van der Waals surface area contributed by atoms with Gasteiger partial charge in [0.1, 0.15) is 0 Å². The van der Waals surface area contributed by atoms with Gasteiger partial charge < -0.3 is 19.3 Å². The summed E-state index contributed by atoms with van der Waals surface area (Å²) in [6.45, 7) is 13.2. The van der Waals surface area contributed by atoms with Gasteiger partial charge in [0.2, 0.25) is 11.5 Å². The Morgan fingerprint density at radius 3 is 2.23 bits per heavy atom. The molecule has 1 N–H and O–H groups in total. The Labute approximate surface area is 131 Å². The highest BCUT2D eigenvalue weighted by Gasteiger charge is 2.74. The van der Waals surface area contributed by atoms with Gasteiger partial charge in [0.25, 0.3) is 0 Å². The molecule has 0 saturated heterocycles. The van der Waals surface area contributed by atoms with Crippen molar-refractivity contribution in [3.8, 4) is 0 Å². The predicted octanol–water partition coefficient (Wildman–Crippen LogP) is 2.34. The van der Waals surface area contributed by atoms with Crippen molar-refractivity contribution >= 4 is 5.78 Å². The van der Waals surface area contributed by atoms with Crippen LogP contribution in [0.4, 0.5) is 0 Å². The van der Waals surface area contributed by atoms with E-state index in [1.807, 2.05) is 34.6 Å². The summed E-state index contributed by atoms with van der Waals surface area (Å²) in [5.74, 6) is -0.433. The van der Waals surface area contributed by atoms with Gasteiger partial charge in [0.15, 0.2) is 17.0 Å². The van der Waals surface area contributed by atoms with E-state index in [1.54, 1.807) is 0 Å². The molecule has 0 aromatic heterocycles. The second kappa shape index (κ2) is 5.39. The maximum absolute atomic E-state index is 13.0. The Kier molecular flexibility index (Phi) is 4.17. The number of ketones is 1. The fourth-order valence-corrected chi connectivity index (χ4v) is 3.55. The molecule has 3 atom stereocenters. The van der Waals surface area contributed by atoms with E-state index in [1.165, 1.54) is 7.11 Å². The monoisotopic (exact) mass is 310 g/mol. The van der Waals surface area contributed by atoms with Crippen molar-refractivity contribution in [2.24, 2.45) is 5.92 Å². The molecule has 2 aliphatic carbocycles. The highest BCUT2D eigenvalue weighted by atomic mass is 16.6. The minimum Gasteiger partial charge on any atom is -0.488 e. The third kappa shape index (κ3) is 1.95. The predicted molar refractivity (Wildman–Crippen MR) is 82.1 cm³/mol. The van der Waals surface area contributed by atoms with Crippen LogP contribution in [0.1, 0.15) is 41.0 Å². The molecule has 0 bridgehead atoms. The highest BCUT2D eigenvalue weighted by molar-refractivity contribution is 6.08. The Hall–Kier alpha value is -1.33. The maximum Gasteiger partial charge on any atom is 0.240 e. The molecule has 0 heterocycles. The van der Waals surface area contributed by atoms with Crippen molar-refractivity contribution in [2.75, 3.05) is 7.11 Å². The number of hydrogen-bond donors (Lipinski definition) is 1. The molecule has 0 aromatic carbocycles. The van der Waals surface area contributed by atoms with E-state index in [4.69, 9.17) is 14.2 Å². The number of fused-ring (bicyclic) bond motifs is 1. The van der Waals surface area contributed by atoms with Gasteiger partial charge in [-0.2, -0.15) is 0 Å². The topological polar surface area (TPSA) is 65.0 Å². The summed E-state index contributed by atoms with van der Waals surface area (Å²) in [4.78, 5) is 13.0. The van der Waals surface area contributed by atoms with E-state index in [0.29, 0.717) is 12.0 Å². The molecule has 2 rings (SSSR count). The first-order chi connectivity index (χ1) is 10.1. The van der Waals surface area contributed by atoms with Crippen molar-refractivity contribution < 1.29 is 24.1 Å². The first kappa shape index (κ1) is 17.0. The number of carbonyl (C=O) groups excluding carboxylic acids is 1. The van der Waals surface area contributed by atoms with Gasteiger partial charge in [-0.3, -0.25) is 4.79 Å². The zero-order chi connectivity index (χ0) is 16.9. The van der Waals surface area contributed by atoms with Crippen LogP contribution in [0.15, 0.2) is 23.7 Å². The smallest absolute Gasteiger partial charge is 0.240 e. The summed E-state index contributed by atoms with van der Waals surface area (Å²) in [6.07, 6.45) is 0.0756. The van der Waals surface area contributed by atoms with Gasteiger partial charge in [0, 0.05) is 7.11 Å². The van der Waals surface area contributed by atoms with Crippen LogP contribution in [0.5, 0.6) is 0 Å². The molecule has 0 aliphatic heterocycles. The Morgan fingerprint density at radius 1 is 1.23 bits per heavy atom. The van der Waals surface area contributed by atoms with Gasteiger partial charge in [0.05, 0.1) is 12.2 Å². The summed E-state index contributed by atoms with van der Waals surface area (Å²) < 4.78 is 17.0. The van der Waals surface area contributed by atoms with E-state index in [2.05, 4.69) is 6.58 Å². The van der Waals surface area contributed by atoms with Crippen LogP contribution >= 0.6 is 0 Å². The molecule has 2 aliphatic rings. The van der Waals surface area contributed by atoms with E-state index in [-0.39, 0.29) is 29.6 Å². The van der Waals surface area contributed by atoms with E-state index in [0.717, 1.165) is 0 Å². The number of ether oxygens (including phenoxy) is 3. The number of Topliss-reactive ketones (excluding diaryl/α,β-unsaturated/α-hetero) is 1. The number of rotatable bonds is 5. The van der Waals surface area contributed by atoms with Crippen LogP contribution in [0.3, 0.4) is 0 Å². The largest absolute Gasteiger partial charge is 0.488 e. The van der Waals surface area contributed by atoms with Crippen molar-refractivity contribution in [3.05, 3.63) is 23.7 Å². The molecule has 1 saturated carbocycles. The number of aliphatic hydroxyl groups is 1. The number of carbonyl (C=O) groups is 1. The van der Waals surface area contributed by atoms with Gasteiger partial charge >= 0.3 is 0 Å². The van der Waals surface area contributed by atoms with E-state index < -0.39 is 17.0 Å². The average Bonchev–Trinajstić information content (AvgIpc) is 2.70. The molecular weight excluding hydrogens is 284 g/mol. The van der Waals surface area contributed by atoms with Crippen LogP contribution < -0.4 is 0 Å². The lowest BCUT2D eigenvalue weighted by atomic mass is 9.81. The Balaban J connectivity index is 2.67. The quantitative estimate of drug-likeness (QED) is 0.790. The lowest BCUT2D eigenvalue weighted by Crippen LogP contribution is -2.57. The molecule has 124 valence electrons. The highest BCUT2D eigenvalue weighted by Crippen LogP contribution is 2.58. The first-order valence-corrected chi connectivity index (χ1v) is 7.71. The van der Waals surface area contributed by atoms with Crippen molar-refractivity contribution in [2.45, 2.75) is 64.4 Å². The second-order valence-corrected chi connectivity index (χ2v) is 6.68. The SMILES string of the molecule is C=C1CC(C)[C@]2(O)C(OC(C)C)=C(OC(C)C)C(=O)[C@]12OC. The third-order valence-corrected chi connectivity index (χ3v) is 4.39. The van der Waals surface area contributed by atoms with Crippen molar-refractivity contribution in [1.29, 1.82) is 0 Å². The van der Waals surface area contributed by atoms with E-state index in [9.17, 15) is 9.90 Å². The summed E-state index contributed by atoms with van der Waals surface area (Å²) in [5.41, 5.74) is -2.53. The third-order valence-electron chi connectivity index (χ3n) is 4.39. The lowest BCUT2D eigenvalue weighted by Gasteiger charge is -2.37. The normalized spacial score (nSPS) is 34.9. The van der Waals surface area contributed by atoms with Crippen molar-refractivity contribution in [3.63, 3.8) is 0 Å². The standard InChI is InChI=1S/C17H26O5/c1-9(2)21-13-14(18)17(20-7)12(6)8-11(5)16(17,19)15(13)22-10(3)4/h9-11,19H,6,8H2,1-5,7H3/t11?,16-,17+/m0/s1. The van der Waals surface area contributed by atoms with E-state index >= 15 is 0 Å². The number of hydrogen-bond acceptors (Lipinski definition) is 5. The minimum atomic E-state index is -1.58. The molecule has 22 heavy (non-hydrogen) atoms. The lowest BCUT2D eigenvalue weighted by molar-refractivity contribution is -0.161. The summed E-state index contributed by atoms with van der Waals surface area (Å²) in [7, 11) is 1.41. The molecule has 5 heteroatoms.